The van der Waals surface area contributed by atoms with Crippen LogP contribution in [0.2, 0.25) is 0 Å². The lowest BCUT2D eigenvalue weighted by atomic mass is 9.70. The van der Waals surface area contributed by atoms with Gasteiger partial charge in [-0.15, -0.1) is 0 Å². The molecule has 0 radical (unpaired) electrons. The topological polar surface area (TPSA) is 6.48 Å². The van der Waals surface area contributed by atoms with Crippen molar-refractivity contribution in [1.82, 2.24) is 0 Å². The number of hydrogen-bond donors (Lipinski definition) is 0. The van der Waals surface area contributed by atoms with Crippen molar-refractivity contribution in [1.29, 1.82) is 0 Å². The minimum atomic E-state index is -0.434. The Kier molecular flexibility index (Phi) is 7.79. The second-order valence-corrected chi connectivity index (χ2v) is 18.3. The summed E-state index contributed by atoms with van der Waals surface area (Å²) in [5.41, 5.74) is 23.0. The zero-order valence-electron chi connectivity index (χ0n) is 35.6. The molecule has 0 bridgehead atoms. The van der Waals surface area contributed by atoms with Gasteiger partial charge in [-0.05, 0) is 133 Å². The van der Waals surface area contributed by atoms with Gasteiger partial charge in [0.25, 0.3) is 0 Å². The Bertz CT molecular complexity index is 3290. The molecule has 4 aliphatic rings. The predicted octanol–water partition coefficient (Wildman–Crippen LogP) is 15.5. The third kappa shape index (κ3) is 5.07. The number of anilines is 5. The molecule has 2 heteroatoms. The van der Waals surface area contributed by atoms with Crippen LogP contribution in [-0.2, 0) is 17.3 Å². The lowest BCUT2D eigenvalue weighted by Crippen LogP contribution is -2.30. The van der Waals surface area contributed by atoms with E-state index in [4.69, 9.17) is 0 Å². The van der Waals surface area contributed by atoms with Gasteiger partial charge in [-0.1, -0.05) is 178 Å². The fraction of sp³-hybridized carbons (Fsp3) is 0.115. The molecule has 0 fully saturated rings. The molecule has 0 atom stereocenters. The van der Waals surface area contributed by atoms with Crippen molar-refractivity contribution in [2.45, 2.75) is 37.5 Å². The van der Waals surface area contributed by atoms with Crippen LogP contribution in [0, 0.1) is 0 Å². The molecule has 2 aliphatic carbocycles. The number of fused-ring (bicyclic) bond motifs is 14. The lowest BCUT2D eigenvalue weighted by Gasteiger charge is -2.42. The first-order valence-corrected chi connectivity index (χ1v) is 22.5. The number of benzene rings is 9. The van der Waals surface area contributed by atoms with Crippen LogP contribution in [-0.4, -0.2) is 6.54 Å². The van der Waals surface area contributed by atoms with Crippen molar-refractivity contribution >= 4 is 51.4 Å². The van der Waals surface area contributed by atoms with E-state index in [1.165, 1.54) is 112 Å². The van der Waals surface area contributed by atoms with Crippen molar-refractivity contribution < 1.29 is 0 Å². The van der Waals surface area contributed by atoms with Crippen molar-refractivity contribution in [2.75, 3.05) is 16.3 Å². The summed E-state index contributed by atoms with van der Waals surface area (Å²) >= 11 is 0. The van der Waals surface area contributed by atoms with Crippen LogP contribution in [0.1, 0.15) is 70.3 Å². The van der Waals surface area contributed by atoms with Crippen LogP contribution >= 0.6 is 0 Å². The van der Waals surface area contributed by atoms with E-state index in [2.05, 4.69) is 230 Å². The molecule has 9 aromatic rings. The number of rotatable bonds is 4. The van der Waals surface area contributed by atoms with Gasteiger partial charge in [-0.3, -0.25) is 0 Å². The number of para-hydroxylation sites is 3. The molecule has 2 nitrogen and oxygen atoms in total. The average Bonchev–Trinajstić information content (AvgIpc) is 3.80. The molecule has 2 aliphatic heterocycles. The SMILES string of the molecule is CC1(C)c2ccccc2N(c2cccc3c(C=Cc4ccc5c(c4)C4(c6ccccc6-c6ccccc64)c4cc(N6CCCc7ccccc76)ccc4-5)cccc23)c2ccccc21. The van der Waals surface area contributed by atoms with Crippen LogP contribution in [0.3, 0.4) is 0 Å². The van der Waals surface area contributed by atoms with E-state index >= 15 is 0 Å². The van der Waals surface area contributed by atoms with E-state index in [1.807, 2.05) is 0 Å². The van der Waals surface area contributed by atoms with Gasteiger partial charge in [-0.2, -0.15) is 0 Å². The van der Waals surface area contributed by atoms with Gasteiger partial charge >= 0.3 is 0 Å². The zero-order valence-corrected chi connectivity index (χ0v) is 35.6. The summed E-state index contributed by atoms with van der Waals surface area (Å²) < 4.78 is 0. The maximum absolute atomic E-state index is 2.55. The molecule has 1 spiro atoms. The van der Waals surface area contributed by atoms with Crippen molar-refractivity contribution in [3.05, 3.63) is 244 Å². The van der Waals surface area contributed by atoms with Gasteiger partial charge in [0.1, 0.15) is 0 Å². The quantitative estimate of drug-likeness (QED) is 0.163. The van der Waals surface area contributed by atoms with Crippen LogP contribution in [0.15, 0.2) is 194 Å². The molecule has 0 aromatic heterocycles. The minimum Gasteiger partial charge on any atom is -0.341 e. The summed E-state index contributed by atoms with van der Waals surface area (Å²) in [6.45, 7) is 5.72. The summed E-state index contributed by atoms with van der Waals surface area (Å²) in [7, 11) is 0. The highest BCUT2D eigenvalue weighted by Gasteiger charge is 2.52. The minimum absolute atomic E-state index is 0.109. The predicted molar refractivity (Wildman–Crippen MR) is 264 cm³/mol. The third-order valence-corrected chi connectivity index (χ3v) is 14.8. The first-order valence-electron chi connectivity index (χ1n) is 22.5. The molecule has 63 heavy (non-hydrogen) atoms. The normalized spacial score (nSPS) is 15.7. The molecule has 300 valence electrons. The van der Waals surface area contributed by atoms with E-state index in [0.717, 1.165) is 19.4 Å². The molecular formula is C61H46N2. The van der Waals surface area contributed by atoms with Crippen LogP contribution in [0.4, 0.5) is 28.4 Å². The second-order valence-electron chi connectivity index (χ2n) is 18.3. The Morgan fingerprint density at radius 2 is 0.984 bits per heavy atom. The molecule has 0 saturated heterocycles. The Labute approximate surface area is 370 Å². The van der Waals surface area contributed by atoms with Crippen LogP contribution in [0.25, 0.3) is 45.2 Å². The molecule has 0 N–H and O–H groups in total. The summed E-state index contributed by atoms with van der Waals surface area (Å²) in [4.78, 5) is 5.03. The van der Waals surface area contributed by atoms with Gasteiger partial charge in [0, 0.05) is 28.7 Å². The zero-order chi connectivity index (χ0) is 41.9. The lowest BCUT2D eigenvalue weighted by molar-refractivity contribution is 0.632. The fourth-order valence-corrected chi connectivity index (χ4v) is 12.0. The molecule has 0 amide bonds. The van der Waals surface area contributed by atoms with Crippen molar-refractivity contribution in [3.63, 3.8) is 0 Å². The van der Waals surface area contributed by atoms with E-state index in [-0.39, 0.29) is 5.41 Å². The molecule has 13 rings (SSSR count). The summed E-state index contributed by atoms with van der Waals surface area (Å²) in [5, 5.41) is 2.47. The van der Waals surface area contributed by atoms with E-state index < -0.39 is 5.41 Å². The number of nitrogens with zero attached hydrogens (tertiary/aromatic N) is 2. The summed E-state index contributed by atoms with van der Waals surface area (Å²) in [6.07, 6.45) is 6.93. The fourth-order valence-electron chi connectivity index (χ4n) is 12.0. The molecule has 2 heterocycles. The summed E-state index contributed by atoms with van der Waals surface area (Å²) in [5.74, 6) is 0. The highest BCUT2D eigenvalue weighted by molar-refractivity contribution is 6.05. The highest BCUT2D eigenvalue weighted by Crippen LogP contribution is 2.63. The Balaban J connectivity index is 0.951. The number of hydrogen-bond acceptors (Lipinski definition) is 2. The van der Waals surface area contributed by atoms with Gasteiger partial charge in [0.15, 0.2) is 0 Å². The van der Waals surface area contributed by atoms with Crippen molar-refractivity contribution in [2.24, 2.45) is 0 Å². The first-order chi connectivity index (χ1) is 31.0. The van der Waals surface area contributed by atoms with Gasteiger partial charge in [0.05, 0.1) is 22.5 Å². The third-order valence-electron chi connectivity index (χ3n) is 14.8. The average molecular weight is 807 g/mol. The largest absolute Gasteiger partial charge is 0.341 e. The monoisotopic (exact) mass is 806 g/mol. The van der Waals surface area contributed by atoms with Gasteiger partial charge < -0.3 is 9.80 Å². The van der Waals surface area contributed by atoms with E-state index in [1.54, 1.807) is 0 Å². The standard InChI is InChI=1S/C61H46N2/c1-60(2)52-25-8-11-28-58(52)63(59-29-12-9-26-53(59)60)57-30-14-21-44-41(17-13-22-49(44)57)33-31-40-32-35-47-48-36-34-43(62-37-15-18-42-16-3-10-27-56(42)62)39-55(48)61(54(47)38-40)50-23-6-4-19-45(50)46-20-5-7-24-51(46)61/h3-14,16-17,19-36,38-39H,15,18,37H2,1-2H3. The molecular weight excluding hydrogens is 761 g/mol. The second kappa shape index (κ2) is 13.5. The Hall–Kier alpha value is -7.42. The molecule has 0 saturated carbocycles. The van der Waals surface area contributed by atoms with Crippen molar-refractivity contribution in [3.8, 4) is 22.3 Å². The smallest absolute Gasteiger partial charge is 0.0726 e. The molecule has 9 aromatic carbocycles. The van der Waals surface area contributed by atoms with E-state index in [9.17, 15) is 0 Å². The van der Waals surface area contributed by atoms with Crippen LogP contribution < -0.4 is 9.80 Å². The molecule has 0 unspecified atom stereocenters. The number of aryl methyl sites for hydroxylation is 1. The van der Waals surface area contributed by atoms with Gasteiger partial charge in [0.2, 0.25) is 0 Å². The Morgan fingerprint density at radius 3 is 1.71 bits per heavy atom. The first kappa shape index (κ1) is 36.3. The van der Waals surface area contributed by atoms with Crippen LogP contribution in [0.5, 0.6) is 0 Å². The maximum Gasteiger partial charge on any atom is 0.0726 e. The maximum atomic E-state index is 2.55. The summed E-state index contributed by atoms with van der Waals surface area (Å²) in [6, 6.07) is 73.1. The highest BCUT2D eigenvalue weighted by atomic mass is 15.2. The van der Waals surface area contributed by atoms with Gasteiger partial charge in [-0.25, -0.2) is 0 Å². The van der Waals surface area contributed by atoms with E-state index in [0.29, 0.717) is 0 Å². The Morgan fingerprint density at radius 1 is 0.429 bits per heavy atom.